The Morgan fingerprint density at radius 3 is 2.30 bits per heavy atom. The van der Waals surface area contributed by atoms with Crippen LogP contribution in [0, 0.1) is 0 Å². The number of alkyl halides is 3. The van der Waals surface area contributed by atoms with Crippen molar-refractivity contribution in [1.29, 1.82) is 0 Å². The normalized spacial score (nSPS) is 12.5. The van der Waals surface area contributed by atoms with Crippen molar-refractivity contribution in [2.24, 2.45) is 5.73 Å². The van der Waals surface area contributed by atoms with Crippen molar-refractivity contribution >= 4 is 33.1 Å². The predicted octanol–water partition coefficient (Wildman–Crippen LogP) is 1.56. The van der Waals surface area contributed by atoms with Crippen molar-refractivity contribution in [3.05, 3.63) is 29.3 Å². The molecule has 5 nitrogen and oxygen atoms in total. The van der Waals surface area contributed by atoms with Gasteiger partial charge in [0, 0.05) is 19.7 Å². The lowest BCUT2D eigenvalue weighted by Crippen LogP contribution is -2.30. The van der Waals surface area contributed by atoms with Crippen LogP contribution in [0.4, 0.5) is 18.9 Å². The number of nitrogens with two attached hydrogens (primary N) is 1. The van der Waals surface area contributed by atoms with Gasteiger partial charge in [0.05, 0.1) is 11.3 Å². The van der Waals surface area contributed by atoms with Gasteiger partial charge in [0.25, 0.3) is 0 Å². The molecule has 0 saturated carbocycles. The van der Waals surface area contributed by atoms with Crippen LogP contribution < -0.4 is 10.5 Å². The second-order valence-corrected chi connectivity index (χ2v) is 6.34. The Kier molecular flexibility index (Phi) is 4.62. The second-order valence-electron chi connectivity index (χ2n) is 4.01. The first-order valence-corrected chi connectivity index (χ1v) is 7.01. The topological polar surface area (TPSA) is 75.4 Å². The summed E-state index contributed by atoms with van der Waals surface area (Å²) >= 11 is 4.65. The van der Waals surface area contributed by atoms with Crippen LogP contribution in [-0.4, -0.2) is 31.8 Å². The zero-order chi connectivity index (χ0) is 15.7. The summed E-state index contributed by atoms with van der Waals surface area (Å²) in [6.07, 6.45) is -4.57. The van der Waals surface area contributed by atoms with Gasteiger partial charge in [-0.2, -0.15) is 25.9 Å². The van der Waals surface area contributed by atoms with Gasteiger partial charge in [-0.1, -0.05) is 12.2 Å². The van der Waals surface area contributed by atoms with E-state index in [2.05, 4.69) is 16.9 Å². The number of nitrogens with one attached hydrogen (secondary N) is 1. The van der Waals surface area contributed by atoms with Gasteiger partial charge in [-0.3, -0.25) is 4.72 Å². The molecule has 0 atom stereocenters. The van der Waals surface area contributed by atoms with E-state index in [4.69, 9.17) is 5.73 Å². The maximum absolute atomic E-state index is 12.6. The van der Waals surface area contributed by atoms with Crippen molar-refractivity contribution in [2.45, 2.75) is 6.18 Å². The SMILES string of the molecule is CN(C)S(=O)(=O)Nc1ccc(C(F)(F)F)cc1C(N)=S. The minimum absolute atomic E-state index is 0.112. The van der Waals surface area contributed by atoms with E-state index in [1.54, 1.807) is 0 Å². The number of rotatable bonds is 4. The lowest BCUT2D eigenvalue weighted by atomic mass is 10.1. The Balaban J connectivity index is 3.32. The third kappa shape index (κ3) is 3.81. The molecule has 10 heteroatoms. The van der Waals surface area contributed by atoms with Crippen LogP contribution in [0.1, 0.15) is 11.1 Å². The van der Waals surface area contributed by atoms with E-state index in [0.29, 0.717) is 6.07 Å². The standard InChI is InChI=1S/C10H12F3N3O2S2/c1-16(2)20(17,18)15-8-4-3-6(10(11,12)13)5-7(8)9(14)19/h3-5,15H,1-2H3,(H2,14,19). The van der Waals surface area contributed by atoms with E-state index in [1.165, 1.54) is 14.1 Å². The Hall–Kier alpha value is -1.39. The number of thiocarbonyl (C=S) groups is 1. The molecular formula is C10H12F3N3O2S2. The van der Waals surface area contributed by atoms with E-state index in [9.17, 15) is 21.6 Å². The summed E-state index contributed by atoms with van der Waals surface area (Å²) in [5.41, 5.74) is 4.07. The van der Waals surface area contributed by atoms with Gasteiger partial charge in [-0.15, -0.1) is 0 Å². The molecule has 112 valence electrons. The maximum atomic E-state index is 12.6. The lowest BCUT2D eigenvalue weighted by molar-refractivity contribution is -0.137. The second kappa shape index (κ2) is 5.54. The summed E-state index contributed by atoms with van der Waals surface area (Å²) in [5.74, 6) is 0. The summed E-state index contributed by atoms with van der Waals surface area (Å²) in [6.45, 7) is 0. The maximum Gasteiger partial charge on any atom is 0.416 e. The molecule has 0 amide bonds. The van der Waals surface area contributed by atoms with E-state index in [0.717, 1.165) is 16.4 Å². The Bertz CT molecular complexity index is 627. The first-order chi connectivity index (χ1) is 8.95. The molecule has 0 radical (unpaired) electrons. The summed E-state index contributed by atoms with van der Waals surface area (Å²) in [5, 5.41) is 0. The van der Waals surface area contributed by atoms with Gasteiger partial charge in [-0.05, 0) is 18.2 Å². The molecule has 0 heterocycles. The third-order valence-electron chi connectivity index (χ3n) is 2.33. The van der Waals surface area contributed by atoms with E-state index in [-0.39, 0.29) is 16.2 Å². The average Bonchev–Trinajstić information content (AvgIpc) is 2.26. The highest BCUT2D eigenvalue weighted by Crippen LogP contribution is 2.32. The van der Waals surface area contributed by atoms with Crippen molar-refractivity contribution in [3.63, 3.8) is 0 Å². The van der Waals surface area contributed by atoms with Gasteiger partial charge in [0.2, 0.25) is 0 Å². The molecule has 0 bridgehead atoms. The molecule has 0 unspecified atom stereocenters. The Morgan fingerprint density at radius 2 is 1.90 bits per heavy atom. The number of hydrogen-bond acceptors (Lipinski definition) is 3. The molecule has 0 spiro atoms. The summed E-state index contributed by atoms with van der Waals surface area (Å²) < 4.78 is 64.1. The molecule has 0 saturated heterocycles. The van der Waals surface area contributed by atoms with Crippen LogP contribution in [0.25, 0.3) is 0 Å². The predicted molar refractivity (Wildman–Crippen MR) is 73.6 cm³/mol. The zero-order valence-electron chi connectivity index (χ0n) is 10.5. The summed E-state index contributed by atoms with van der Waals surface area (Å²) in [6, 6.07) is 2.42. The fourth-order valence-electron chi connectivity index (χ4n) is 1.24. The minimum atomic E-state index is -4.57. The van der Waals surface area contributed by atoms with Gasteiger partial charge in [-0.25, -0.2) is 0 Å². The molecule has 0 fully saturated rings. The lowest BCUT2D eigenvalue weighted by Gasteiger charge is -2.17. The van der Waals surface area contributed by atoms with Crippen molar-refractivity contribution < 1.29 is 21.6 Å². The highest BCUT2D eigenvalue weighted by Gasteiger charge is 2.31. The fourth-order valence-corrected chi connectivity index (χ4v) is 2.05. The quantitative estimate of drug-likeness (QED) is 0.823. The highest BCUT2D eigenvalue weighted by atomic mass is 32.2. The van der Waals surface area contributed by atoms with Crippen molar-refractivity contribution in [1.82, 2.24) is 4.31 Å². The van der Waals surface area contributed by atoms with Crippen LogP contribution in [-0.2, 0) is 16.4 Å². The molecule has 0 aromatic heterocycles. The average molecular weight is 327 g/mol. The van der Waals surface area contributed by atoms with Crippen LogP contribution in [0.5, 0.6) is 0 Å². The van der Waals surface area contributed by atoms with E-state index >= 15 is 0 Å². The fraction of sp³-hybridized carbons (Fsp3) is 0.300. The molecular weight excluding hydrogens is 315 g/mol. The smallest absolute Gasteiger partial charge is 0.389 e. The van der Waals surface area contributed by atoms with Gasteiger partial charge in [0.1, 0.15) is 4.99 Å². The molecule has 1 aromatic carbocycles. The molecule has 3 N–H and O–H groups in total. The van der Waals surface area contributed by atoms with Gasteiger partial charge >= 0.3 is 16.4 Å². The highest BCUT2D eigenvalue weighted by molar-refractivity contribution is 7.90. The number of hydrogen-bond donors (Lipinski definition) is 2. The first kappa shape index (κ1) is 16.7. The molecule has 1 aromatic rings. The molecule has 0 aliphatic carbocycles. The summed E-state index contributed by atoms with van der Waals surface area (Å²) in [7, 11) is -1.33. The Morgan fingerprint density at radius 1 is 1.35 bits per heavy atom. The Labute approximate surface area is 119 Å². The van der Waals surface area contributed by atoms with Crippen molar-refractivity contribution in [3.8, 4) is 0 Å². The molecule has 20 heavy (non-hydrogen) atoms. The third-order valence-corrected chi connectivity index (χ3v) is 3.99. The number of halogens is 3. The largest absolute Gasteiger partial charge is 0.416 e. The van der Waals surface area contributed by atoms with Crippen molar-refractivity contribution in [2.75, 3.05) is 18.8 Å². The van der Waals surface area contributed by atoms with E-state index < -0.39 is 21.9 Å². The molecule has 0 aliphatic rings. The molecule has 1 rings (SSSR count). The van der Waals surface area contributed by atoms with Gasteiger partial charge in [0.15, 0.2) is 0 Å². The number of nitrogens with zero attached hydrogens (tertiary/aromatic N) is 1. The number of anilines is 1. The summed E-state index contributed by atoms with van der Waals surface area (Å²) in [4.78, 5) is -0.340. The van der Waals surface area contributed by atoms with Crippen LogP contribution in [0.2, 0.25) is 0 Å². The first-order valence-electron chi connectivity index (χ1n) is 5.16. The molecule has 0 aliphatic heterocycles. The van der Waals surface area contributed by atoms with Crippen LogP contribution in [0.3, 0.4) is 0 Å². The monoisotopic (exact) mass is 327 g/mol. The van der Waals surface area contributed by atoms with E-state index in [1.807, 2.05) is 0 Å². The van der Waals surface area contributed by atoms with Crippen LogP contribution in [0.15, 0.2) is 18.2 Å². The van der Waals surface area contributed by atoms with Crippen LogP contribution >= 0.6 is 12.2 Å². The zero-order valence-corrected chi connectivity index (χ0v) is 12.2. The van der Waals surface area contributed by atoms with Gasteiger partial charge < -0.3 is 5.73 Å². The number of benzene rings is 1. The minimum Gasteiger partial charge on any atom is -0.389 e.